The van der Waals surface area contributed by atoms with E-state index in [4.69, 9.17) is 0 Å². The van der Waals surface area contributed by atoms with Gasteiger partial charge in [-0.05, 0) is 37.5 Å². The van der Waals surface area contributed by atoms with Crippen molar-refractivity contribution in [2.24, 2.45) is 0 Å². The largest absolute Gasteiger partial charge is 0.309 e. The Morgan fingerprint density at radius 3 is 2.47 bits per heavy atom. The molecule has 1 aromatic rings. The summed E-state index contributed by atoms with van der Waals surface area (Å²) in [5.74, 6) is -0.160. The maximum absolute atomic E-state index is 13.0. The maximum Gasteiger partial charge on any atom is 0.123 e. The molecule has 106 valence electrons. The first-order chi connectivity index (χ1) is 9.10. The molecule has 1 saturated heterocycles. The molecule has 0 radical (unpaired) electrons. The molecule has 1 heterocycles. The van der Waals surface area contributed by atoms with Crippen LogP contribution in [-0.4, -0.2) is 30.1 Å². The fourth-order valence-corrected chi connectivity index (χ4v) is 2.99. The summed E-state index contributed by atoms with van der Waals surface area (Å²) in [4.78, 5) is 2.51. The quantitative estimate of drug-likeness (QED) is 0.897. The average molecular weight is 264 g/mol. The zero-order chi connectivity index (χ0) is 13.9. The number of piperazine rings is 1. The topological polar surface area (TPSA) is 15.3 Å². The predicted octanol–water partition coefficient (Wildman–Crippen LogP) is 3.35. The highest BCUT2D eigenvalue weighted by atomic mass is 19.1. The van der Waals surface area contributed by atoms with Crippen molar-refractivity contribution >= 4 is 0 Å². The number of halogens is 1. The van der Waals surface area contributed by atoms with E-state index in [-0.39, 0.29) is 11.4 Å². The molecule has 0 bridgehead atoms. The van der Waals surface area contributed by atoms with Crippen LogP contribution in [0.15, 0.2) is 24.3 Å². The molecule has 1 fully saturated rings. The van der Waals surface area contributed by atoms with Crippen LogP contribution in [0.3, 0.4) is 0 Å². The third-order valence-electron chi connectivity index (χ3n) is 4.66. The van der Waals surface area contributed by atoms with Gasteiger partial charge in [0.25, 0.3) is 0 Å². The Balaban J connectivity index is 2.10. The molecule has 0 spiro atoms. The van der Waals surface area contributed by atoms with E-state index in [9.17, 15) is 4.39 Å². The lowest BCUT2D eigenvalue weighted by Gasteiger charge is -2.45. The summed E-state index contributed by atoms with van der Waals surface area (Å²) in [6.45, 7) is 9.88. The minimum Gasteiger partial charge on any atom is -0.309 e. The van der Waals surface area contributed by atoms with Gasteiger partial charge in [0, 0.05) is 31.2 Å². The summed E-state index contributed by atoms with van der Waals surface area (Å²) in [7, 11) is 0. The third-order valence-corrected chi connectivity index (χ3v) is 4.66. The van der Waals surface area contributed by atoms with Gasteiger partial charge in [-0.25, -0.2) is 4.39 Å². The highest BCUT2D eigenvalue weighted by Crippen LogP contribution is 2.27. The first-order valence-electron chi connectivity index (χ1n) is 7.35. The van der Waals surface area contributed by atoms with E-state index >= 15 is 0 Å². The van der Waals surface area contributed by atoms with Crippen LogP contribution in [0.5, 0.6) is 0 Å². The second kappa shape index (κ2) is 6.02. The Labute approximate surface area is 116 Å². The van der Waals surface area contributed by atoms with Gasteiger partial charge in [0.2, 0.25) is 0 Å². The molecule has 19 heavy (non-hydrogen) atoms. The summed E-state index contributed by atoms with van der Waals surface area (Å²) < 4.78 is 13.0. The van der Waals surface area contributed by atoms with Crippen molar-refractivity contribution in [2.75, 3.05) is 19.6 Å². The number of benzene rings is 1. The zero-order valence-corrected chi connectivity index (χ0v) is 12.2. The molecule has 1 aliphatic heterocycles. The monoisotopic (exact) mass is 264 g/mol. The second-order valence-electron chi connectivity index (χ2n) is 5.61. The van der Waals surface area contributed by atoms with Crippen molar-refractivity contribution in [3.63, 3.8) is 0 Å². The van der Waals surface area contributed by atoms with E-state index < -0.39 is 0 Å². The van der Waals surface area contributed by atoms with Crippen molar-refractivity contribution < 1.29 is 4.39 Å². The van der Waals surface area contributed by atoms with Crippen molar-refractivity contribution in [2.45, 2.75) is 45.2 Å². The summed E-state index contributed by atoms with van der Waals surface area (Å²) in [6, 6.07) is 7.27. The lowest BCUT2D eigenvalue weighted by Crippen LogP contribution is -2.60. The Kier molecular flexibility index (Phi) is 4.58. The SMILES string of the molecule is CCC1(CC)CN(C(C)c2ccc(F)cc2)CCN1. The van der Waals surface area contributed by atoms with Crippen LogP contribution >= 0.6 is 0 Å². The van der Waals surface area contributed by atoms with Crippen LogP contribution in [0.25, 0.3) is 0 Å². The van der Waals surface area contributed by atoms with Crippen LogP contribution in [0.2, 0.25) is 0 Å². The lowest BCUT2D eigenvalue weighted by molar-refractivity contribution is 0.0919. The van der Waals surface area contributed by atoms with Gasteiger partial charge in [0.1, 0.15) is 5.82 Å². The van der Waals surface area contributed by atoms with Crippen molar-refractivity contribution in [1.82, 2.24) is 10.2 Å². The Bertz CT molecular complexity index is 398. The van der Waals surface area contributed by atoms with Crippen molar-refractivity contribution in [1.29, 1.82) is 0 Å². The molecular weight excluding hydrogens is 239 g/mol. The Hall–Kier alpha value is -0.930. The van der Waals surface area contributed by atoms with Crippen LogP contribution in [0.4, 0.5) is 4.39 Å². The molecule has 2 nitrogen and oxygen atoms in total. The average Bonchev–Trinajstić information content (AvgIpc) is 2.47. The van der Waals surface area contributed by atoms with E-state index in [0.717, 1.165) is 32.5 Å². The zero-order valence-electron chi connectivity index (χ0n) is 12.2. The van der Waals surface area contributed by atoms with Gasteiger partial charge in [-0.1, -0.05) is 26.0 Å². The fourth-order valence-electron chi connectivity index (χ4n) is 2.99. The van der Waals surface area contributed by atoms with Gasteiger partial charge < -0.3 is 5.32 Å². The van der Waals surface area contributed by atoms with Crippen LogP contribution in [-0.2, 0) is 0 Å². The molecule has 3 heteroatoms. The second-order valence-corrected chi connectivity index (χ2v) is 5.61. The maximum atomic E-state index is 13.0. The molecule has 0 aliphatic carbocycles. The van der Waals surface area contributed by atoms with E-state index in [2.05, 4.69) is 31.0 Å². The number of nitrogens with one attached hydrogen (secondary N) is 1. The molecule has 1 aromatic carbocycles. The van der Waals surface area contributed by atoms with Gasteiger partial charge in [-0.3, -0.25) is 4.90 Å². The Morgan fingerprint density at radius 2 is 1.89 bits per heavy atom. The summed E-state index contributed by atoms with van der Waals surface area (Å²) in [6.07, 6.45) is 2.30. The van der Waals surface area contributed by atoms with Gasteiger partial charge in [0.15, 0.2) is 0 Å². The normalized spacial score (nSPS) is 21.3. The molecule has 0 saturated carbocycles. The van der Waals surface area contributed by atoms with Gasteiger partial charge in [0.05, 0.1) is 0 Å². The predicted molar refractivity (Wildman–Crippen MR) is 77.7 cm³/mol. The third kappa shape index (κ3) is 3.15. The van der Waals surface area contributed by atoms with Crippen molar-refractivity contribution in [3.05, 3.63) is 35.6 Å². The standard InChI is InChI=1S/C16H25FN2/c1-4-16(5-2)12-19(11-10-18-16)13(3)14-6-8-15(17)9-7-14/h6-9,13,18H,4-5,10-12H2,1-3H3. The smallest absolute Gasteiger partial charge is 0.123 e. The van der Waals surface area contributed by atoms with E-state index in [1.54, 1.807) is 12.1 Å². The highest BCUT2D eigenvalue weighted by Gasteiger charge is 2.33. The highest BCUT2D eigenvalue weighted by molar-refractivity contribution is 5.20. The molecule has 1 aliphatic rings. The van der Waals surface area contributed by atoms with Gasteiger partial charge >= 0.3 is 0 Å². The van der Waals surface area contributed by atoms with E-state index in [1.807, 2.05) is 12.1 Å². The van der Waals surface area contributed by atoms with Crippen LogP contribution in [0, 0.1) is 5.82 Å². The minimum atomic E-state index is -0.160. The van der Waals surface area contributed by atoms with Gasteiger partial charge in [-0.2, -0.15) is 0 Å². The molecule has 1 unspecified atom stereocenters. The summed E-state index contributed by atoms with van der Waals surface area (Å²) in [5, 5.41) is 3.68. The first-order valence-corrected chi connectivity index (χ1v) is 7.35. The lowest BCUT2D eigenvalue weighted by atomic mass is 9.89. The summed E-state index contributed by atoms with van der Waals surface area (Å²) in [5.41, 5.74) is 1.44. The number of nitrogens with zero attached hydrogens (tertiary/aromatic N) is 1. The molecule has 1 atom stereocenters. The minimum absolute atomic E-state index is 0.160. The fraction of sp³-hybridized carbons (Fsp3) is 0.625. The molecule has 1 N–H and O–H groups in total. The number of hydrogen-bond acceptors (Lipinski definition) is 2. The molecular formula is C16H25FN2. The van der Waals surface area contributed by atoms with E-state index in [1.165, 1.54) is 5.56 Å². The van der Waals surface area contributed by atoms with Crippen LogP contribution in [0.1, 0.15) is 45.2 Å². The molecule has 2 rings (SSSR count). The Morgan fingerprint density at radius 1 is 1.26 bits per heavy atom. The summed E-state index contributed by atoms with van der Waals surface area (Å²) >= 11 is 0. The number of hydrogen-bond donors (Lipinski definition) is 1. The van der Waals surface area contributed by atoms with Crippen molar-refractivity contribution in [3.8, 4) is 0 Å². The van der Waals surface area contributed by atoms with Gasteiger partial charge in [-0.15, -0.1) is 0 Å². The molecule has 0 aromatic heterocycles. The number of rotatable bonds is 4. The van der Waals surface area contributed by atoms with Crippen LogP contribution < -0.4 is 5.32 Å². The first kappa shape index (κ1) is 14.5. The molecule has 0 amide bonds. The van der Waals surface area contributed by atoms with E-state index in [0.29, 0.717) is 6.04 Å².